The van der Waals surface area contributed by atoms with Crippen LogP contribution in [0.4, 0.5) is 0 Å². The summed E-state index contributed by atoms with van der Waals surface area (Å²) in [6, 6.07) is -1.80. The summed E-state index contributed by atoms with van der Waals surface area (Å²) in [5.74, 6) is -1.70. The molecule has 0 aromatic rings. The van der Waals surface area contributed by atoms with E-state index < -0.39 is 24.0 Å². The van der Waals surface area contributed by atoms with Crippen LogP contribution in [-0.2, 0) is 14.4 Å². The number of carboxylic acids is 1. The normalized spacial score (nSPS) is 14.1. The first-order chi connectivity index (χ1) is 6.49. The molecule has 1 amide bonds. The minimum Gasteiger partial charge on any atom is -0.480 e. The molecular formula is C8H14N2O4. The molecule has 0 aliphatic rings. The molecule has 0 unspecified atom stereocenters. The quantitative estimate of drug-likeness (QED) is 0.473. The van der Waals surface area contributed by atoms with Gasteiger partial charge in [-0.05, 0) is 13.3 Å². The van der Waals surface area contributed by atoms with Crippen molar-refractivity contribution >= 4 is 18.2 Å². The fourth-order valence-electron chi connectivity index (χ4n) is 0.795. The lowest BCUT2D eigenvalue weighted by Gasteiger charge is -2.14. The van der Waals surface area contributed by atoms with Crippen molar-refractivity contribution in [2.75, 3.05) is 0 Å². The molecule has 0 aliphatic carbocycles. The van der Waals surface area contributed by atoms with Gasteiger partial charge in [-0.25, -0.2) is 4.79 Å². The van der Waals surface area contributed by atoms with Gasteiger partial charge in [0, 0.05) is 6.42 Å². The molecule has 0 radical (unpaired) electrons. The molecular weight excluding hydrogens is 188 g/mol. The zero-order valence-electron chi connectivity index (χ0n) is 7.90. The van der Waals surface area contributed by atoms with E-state index >= 15 is 0 Å². The Bertz CT molecular complexity index is 227. The summed E-state index contributed by atoms with van der Waals surface area (Å²) in [5, 5.41) is 10.9. The van der Waals surface area contributed by atoms with Gasteiger partial charge >= 0.3 is 5.97 Å². The summed E-state index contributed by atoms with van der Waals surface area (Å²) in [6.45, 7) is 1.45. The van der Waals surface area contributed by atoms with Gasteiger partial charge in [-0.2, -0.15) is 0 Å². The predicted octanol–water partition coefficient (Wildman–Crippen LogP) is -1.12. The summed E-state index contributed by atoms with van der Waals surface area (Å²) < 4.78 is 0. The van der Waals surface area contributed by atoms with Crippen molar-refractivity contribution in [3.63, 3.8) is 0 Å². The first kappa shape index (κ1) is 12.6. The highest BCUT2D eigenvalue weighted by Gasteiger charge is 2.20. The van der Waals surface area contributed by atoms with Gasteiger partial charge in [-0.3, -0.25) is 4.79 Å². The van der Waals surface area contributed by atoms with Gasteiger partial charge in [-0.1, -0.05) is 0 Å². The number of amides is 1. The fraction of sp³-hybridized carbons (Fsp3) is 0.625. The van der Waals surface area contributed by atoms with E-state index in [4.69, 9.17) is 10.8 Å². The molecule has 0 heterocycles. The van der Waals surface area contributed by atoms with Crippen LogP contribution in [-0.4, -0.2) is 35.4 Å². The van der Waals surface area contributed by atoms with Gasteiger partial charge in [0.2, 0.25) is 5.91 Å². The van der Waals surface area contributed by atoms with Crippen LogP contribution in [0.5, 0.6) is 0 Å². The minimum absolute atomic E-state index is 0.0806. The van der Waals surface area contributed by atoms with Gasteiger partial charge in [0.05, 0.1) is 6.04 Å². The zero-order chi connectivity index (χ0) is 11.1. The Morgan fingerprint density at radius 2 is 2.14 bits per heavy atom. The summed E-state index contributed by atoms with van der Waals surface area (Å²) in [7, 11) is 0. The Morgan fingerprint density at radius 3 is 2.50 bits per heavy atom. The van der Waals surface area contributed by atoms with E-state index in [0.29, 0.717) is 6.29 Å². The monoisotopic (exact) mass is 202 g/mol. The van der Waals surface area contributed by atoms with Crippen LogP contribution >= 0.6 is 0 Å². The molecule has 0 aromatic carbocycles. The van der Waals surface area contributed by atoms with Crippen molar-refractivity contribution in [3.8, 4) is 0 Å². The number of nitrogens with one attached hydrogen (secondary N) is 1. The van der Waals surface area contributed by atoms with Crippen molar-refractivity contribution in [2.45, 2.75) is 31.8 Å². The van der Waals surface area contributed by atoms with Crippen LogP contribution in [0, 0.1) is 0 Å². The van der Waals surface area contributed by atoms with Gasteiger partial charge in [-0.15, -0.1) is 0 Å². The second-order valence-corrected chi connectivity index (χ2v) is 2.93. The SMILES string of the molecule is C[C@H](N)C(=O)N[C@H](CCC=O)C(=O)O. The standard InChI is InChI=1S/C8H14N2O4/c1-5(9)7(12)10-6(8(13)14)3-2-4-11/h4-6H,2-3,9H2,1H3,(H,10,12)(H,13,14)/t5-,6+/m0/s1. The Kier molecular flexibility index (Phi) is 5.47. The zero-order valence-corrected chi connectivity index (χ0v) is 7.90. The molecule has 0 fully saturated rings. The lowest BCUT2D eigenvalue weighted by molar-refractivity contribution is -0.142. The molecule has 6 heteroatoms. The van der Waals surface area contributed by atoms with Gasteiger partial charge < -0.3 is 21.0 Å². The van der Waals surface area contributed by atoms with E-state index in [1.165, 1.54) is 6.92 Å². The first-order valence-corrected chi connectivity index (χ1v) is 4.21. The number of aliphatic carboxylic acids is 1. The number of hydrogen-bond donors (Lipinski definition) is 3. The highest BCUT2D eigenvalue weighted by molar-refractivity contribution is 5.86. The maximum Gasteiger partial charge on any atom is 0.326 e. The molecule has 4 N–H and O–H groups in total. The maximum absolute atomic E-state index is 11.0. The third kappa shape index (κ3) is 4.56. The van der Waals surface area contributed by atoms with E-state index in [-0.39, 0.29) is 12.8 Å². The van der Waals surface area contributed by atoms with Gasteiger partial charge in [0.25, 0.3) is 0 Å². The fourth-order valence-corrected chi connectivity index (χ4v) is 0.795. The van der Waals surface area contributed by atoms with Crippen molar-refractivity contribution in [1.29, 1.82) is 0 Å². The summed E-state index contributed by atoms with van der Waals surface area (Å²) in [5.41, 5.74) is 5.24. The van der Waals surface area contributed by atoms with E-state index in [1.54, 1.807) is 0 Å². The minimum atomic E-state index is -1.17. The number of carboxylic acid groups (broad SMARTS) is 1. The molecule has 0 spiro atoms. The highest BCUT2D eigenvalue weighted by atomic mass is 16.4. The van der Waals surface area contributed by atoms with Crippen LogP contribution in [0.3, 0.4) is 0 Å². The van der Waals surface area contributed by atoms with E-state index in [2.05, 4.69) is 5.32 Å². The van der Waals surface area contributed by atoms with E-state index in [1.807, 2.05) is 0 Å². The summed E-state index contributed by atoms with van der Waals surface area (Å²) >= 11 is 0. The Balaban J connectivity index is 4.15. The highest BCUT2D eigenvalue weighted by Crippen LogP contribution is 1.96. The van der Waals surface area contributed by atoms with Gasteiger partial charge in [0.1, 0.15) is 12.3 Å². The first-order valence-electron chi connectivity index (χ1n) is 4.21. The smallest absolute Gasteiger partial charge is 0.326 e. The second kappa shape index (κ2) is 6.09. The molecule has 80 valence electrons. The van der Waals surface area contributed by atoms with Crippen LogP contribution in [0.25, 0.3) is 0 Å². The lowest BCUT2D eigenvalue weighted by Crippen LogP contribution is -2.47. The Labute approximate surface area is 81.5 Å². The molecule has 6 nitrogen and oxygen atoms in total. The predicted molar refractivity (Wildman–Crippen MR) is 48.5 cm³/mol. The average molecular weight is 202 g/mol. The third-order valence-electron chi connectivity index (χ3n) is 1.60. The van der Waals surface area contributed by atoms with Gasteiger partial charge in [0.15, 0.2) is 0 Å². The van der Waals surface area contributed by atoms with Crippen LogP contribution in [0.2, 0.25) is 0 Å². The maximum atomic E-state index is 11.0. The second-order valence-electron chi connectivity index (χ2n) is 2.93. The number of rotatable bonds is 6. The molecule has 0 aromatic heterocycles. The Hall–Kier alpha value is -1.43. The Morgan fingerprint density at radius 1 is 1.57 bits per heavy atom. The number of hydrogen-bond acceptors (Lipinski definition) is 4. The molecule has 14 heavy (non-hydrogen) atoms. The van der Waals surface area contributed by atoms with Crippen LogP contribution in [0.15, 0.2) is 0 Å². The van der Waals surface area contributed by atoms with Crippen molar-refractivity contribution in [1.82, 2.24) is 5.32 Å². The number of carbonyl (C=O) groups excluding carboxylic acids is 2. The molecule has 0 aliphatic heterocycles. The average Bonchev–Trinajstić information content (AvgIpc) is 2.10. The molecule has 0 rings (SSSR count). The van der Waals surface area contributed by atoms with E-state index in [9.17, 15) is 14.4 Å². The number of carbonyl (C=O) groups is 3. The van der Waals surface area contributed by atoms with Crippen molar-refractivity contribution in [3.05, 3.63) is 0 Å². The molecule has 0 bridgehead atoms. The number of nitrogens with two attached hydrogens (primary N) is 1. The molecule has 0 saturated heterocycles. The molecule has 2 atom stereocenters. The number of aldehydes is 1. The van der Waals surface area contributed by atoms with Crippen molar-refractivity contribution in [2.24, 2.45) is 5.73 Å². The third-order valence-corrected chi connectivity index (χ3v) is 1.60. The lowest BCUT2D eigenvalue weighted by atomic mass is 10.1. The van der Waals surface area contributed by atoms with Crippen molar-refractivity contribution < 1.29 is 19.5 Å². The largest absolute Gasteiger partial charge is 0.480 e. The van der Waals surface area contributed by atoms with E-state index in [0.717, 1.165) is 0 Å². The summed E-state index contributed by atoms with van der Waals surface area (Å²) in [6.07, 6.45) is 0.779. The topological polar surface area (TPSA) is 109 Å². The summed E-state index contributed by atoms with van der Waals surface area (Å²) in [4.78, 5) is 31.6. The van der Waals surface area contributed by atoms with Crippen LogP contribution in [0.1, 0.15) is 19.8 Å². The molecule has 0 saturated carbocycles. The van der Waals surface area contributed by atoms with Crippen LogP contribution < -0.4 is 11.1 Å².